The first-order valence-electron chi connectivity index (χ1n) is 9.70. The van der Waals surface area contributed by atoms with Gasteiger partial charge in [0.1, 0.15) is 6.54 Å². The average molecular weight is 400 g/mol. The third-order valence-electron chi connectivity index (χ3n) is 5.52. The molecule has 8 nitrogen and oxygen atoms in total. The molecule has 152 valence electrons. The fraction of sp³-hybridized carbons (Fsp3) is 0.778. The predicted octanol–water partition coefficient (Wildman–Crippen LogP) is -0.831. The van der Waals surface area contributed by atoms with Crippen LogP contribution >= 0.6 is 0 Å². The van der Waals surface area contributed by atoms with E-state index >= 15 is 0 Å². The first-order chi connectivity index (χ1) is 12.7. The lowest BCUT2D eigenvalue weighted by atomic mass is 10.1. The van der Waals surface area contributed by atoms with Crippen molar-refractivity contribution in [2.45, 2.75) is 51.8 Å². The molecule has 0 spiro atoms. The molecular weight excluding hydrogens is 368 g/mol. The lowest BCUT2D eigenvalue weighted by Gasteiger charge is -2.16. The summed E-state index contributed by atoms with van der Waals surface area (Å²) in [7, 11) is -0.958. The quantitative estimate of drug-likeness (QED) is 0.624. The molecule has 0 aromatic carbocycles. The number of hydrogen-bond donors (Lipinski definition) is 2. The summed E-state index contributed by atoms with van der Waals surface area (Å²) >= 11 is 0. The minimum atomic E-state index is -2.95. The van der Waals surface area contributed by atoms with Gasteiger partial charge in [-0.2, -0.15) is 5.10 Å². The number of hydrogen-bond acceptors (Lipinski definition) is 5. The maximum Gasteiger partial charge on any atom is 0.275 e. The second-order valence-corrected chi connectivity index (χ2v) is 10.1. The SMILES string of the molecule is Cc1nn([C@H]2CCS(=O)(=O)C2)c(C)c1C[NH+](C)CC(=O)NC[C@@H]1CCCO1. The normalized spacial score (nSPS) is 25.6. The number of carbonyl (C=O) groups excluding carboxylic acids is 1. The first-order valence-corrected chi connectivity index (χ1v) is 11.5. The van der Waals surface area contributed by atoms with Crippen LogP contribution in [0.1, 0.15) is 42.3 Å². The minimum Gasteiger partial charge on any atom is -0.376 e. The monoisotopic (exact) mass is 399 g/mol. The Hall–Kier alpha value is -1.45. The molecule has 27 heavy (non-hydrogen) atoms. The molecule has 2 aliphatic heterocycles. The van der Waals surface area contributed by atoms with Crippen LogP contribution in [0.25, 0.3) is 0 Å². The van der Waals surface area contributed by atoms with Crippen molar-refractivity contribution in [3.63, 3.8) is 0 Å². The van der Waals surface area contributed by atoms with Gasteiger partial charge in [0, 0.05) is 18.8 Å². The van der Waals surface area contributed by atoms with Gasteiger partial charge in [0.05, 0.1) is 42.0 Å². The molecule has 3 rings (SSSR count). The molecule has 1 aromatic heterocycles. The highest BCUT2D eigenvalue weighted by Crippen LogP contribution is 2.26. The van der Waals surface area contributed by atoms with Crippen molar-refractivity contribution in [2.75, 3.05) is 38.2 Å². The summed E-state index contributed by atoms with van der Waals surface area (Å²) in [6.45, 7) is 6.38. The van der Waals surface area contributed by atoms with Gasteiger partial charge in [-0.05, 0) is 33.1 Å². The van der Waals surface area contributed by atoms with E-state index in [1.54, 1.807) is 0 Å². The van der Waals surface area contributed by atoms with Gasteiger partial charge in [0.25, 0.3) is 5.91 Å². The summed E-state index contributed by atoms with van der Waals surface area (Å²) in [6.07, 6.45) is 2.85. The van der Waals surface area contributed by atoms with Crippen LogP contribution in [-0.4, -0.2) is 68.5 Å². The number of nitrogens with zero attached hydrogens (tertiary/aromatic N) is 2. The van der Waals surface area contributed by atoms with Crippen LogP contribution in [0, 0.1) is 13.8 Å². The van der Waals surface area contributed by atoms with Crippen molar-refractivity contribution in [1.29, 1.82) is 0 Å². The maximum atomic E-state index is 12.2. The van der Waals surface area contributed by atoms with Gasteiger partial charge >= 0.3 is 0 Å². The minimum absolute atomic E-state index is 0.0209. The molecule has 2 aliphatic rings. The number of amides is 1. The number of nitrogens with one attached hydrogen (secondary N) is 2. The topological polar surface area (TPSA) is 94.7 Å². The number of carbonyl (C=O) groups is 1. The predicted molar refractivity (Wildman–Crippen MR) is 101 cm³/mol. The zero-order valence-electron chi connectivity index (χ0n) is 16.5. The van der Waals surface area contributed by atoms with Gasteiger partial charge in [-0.15, -0.1) is 0 Å². The third kappa shape index (κ3) is 5.08. The maximum absolute atomic E-state index is 12.2. The van der Waals surface area contributed by atoms with Crippen LogP contribution in [0.2, 0.25) is 0 Å². The molecule has 1 aromatic rings. The highest BCUT2D eigenvalue weighted by molar-refractivity contribution is 7.91. The molecule has 0 radical (unpaired) electrons. The van der Waals surface area contributed by atoms with E-state index in [0.717, 1.165) is 41.3 Å². The van der Waals surface area contributed by atoms with Crippen molar-refractivity contribution >= 4 is 15.7 Å². The van der Waals surface area contributed by atoms with E-state index < -0.39 is 9.84 Å². The van der Waals surface area contributed by atoms with Gasteiger partial charge in [-0.3, -0.25) is 9.48 Å². The van der Waals surface area contributed by atoms with Gasteiger partial charge in [-0.25, -0.2) is 8.42 Å². The van der Waals surface area contributed by atoms with E-state index in [4.69, 9.17) is 4.74 Å². The number of rotatable bonds is 7. The van der Waals surface area contributed by atoms with E-state index in [-0.39, 0.29) is 29.6 Å². The van der Waals surface area contributed by atoms with E-state index in [9.17, 15) is 13.2 Å². The molecule has 2 fully saturated rings. The fourth-order valence-electron chi connectivity index (χ4n) is 4.01. The van der Waals surface area contributed by atoms with Crippen LogP contribution in [-0.2, 0) is 25.9 Å². The Labute approximate surface area is 161 Å². The van der Waals surface area contributed by atoms with Crippen LogP contribution in [0.3, 0.4) is 0 Å². The van der Waals surface area contributed by atoms with E-state index in [1.165, 1.54) is 0 Å². The highest BCUT2D eigenvalue weighted by atomic mass is 32.2. The Morgan fingerprint density at radius 1 is 1.37 bits per heavy atom. The number of ether oxygens (including phenoxy) is 1. The Kier molecular flexibility index (Phi) is 6.22. The summed E-state index contributed by atoms with van der Waals surface area (Å²) in [5.74, 6) is 0.428. The van der Waals surface area contributed by atoms with Crippen molar-refractivity contribution in [2.24, 2.45) is 0 Å². The van der Waals surface area contributed by atoms with Crippen LogP contribution < -0.4 is 10.2 Å². The molecule has 3 heterocycles. The van der Waals surface area contributed by atoms with Crippen molar-refractivity contribution < 1.29 is 22.8 Å². The van der Waals surface area contributed by atoms with E-state index in [1.807, 2.05) is 25.6 Å². The smallest absolute Gasteiger partial charge is 0.275 e. The number of aromatic nitrogens is 2. The summed E-state index contributed by atoms with van der Waals surface area (Å²) in [4.78, 5) is 13.3. The molecule has 2 saturated heterocycles. The van der Waals surface area contributed by atoms with Gasteiger partial charge in [-0.1, -0.05) is 0 Å². The Morgan fingerprint density at radius 3 is 2.78 bits per heavy atom. The first kappa shape index (κ1) is 20.3. The Bertz CT molecular complexity index is 784. The number of quaternary nitrogens is 1. The van der Waals surface area contributed by atoms with E-state index in [2.05, 4.69) is 10.4 Å². The van der Waals surface area contributed by atoms with Crippen LogP contribution in [0.5, 0.6) is 0 Å². The standard InChI is InChI=1S/C18H30N4O4S/c1-13-17(14(2)22(20-13)15-6-8-27(24,25)12-15)10-21(3)11-18(23)19-9-16-5-4-7-26-16/h15-16H,4-12H2,1-3H3,(H,19,23)/p+1/t15-,16-/m0/s1. The largest absolute Gasteiger partial charge is 0.376 e. The second-order valence-electron chi connectivity index (χ2n) is 7.90. The summed E-state index contributed by atoms with van der Waals surface area (Å²) in [6, 6.07) is -0.0718. The third-order valence-corrected chi connectivity index (χ3v) is 7.27. The molecule has 0 saturated carbocycles. The molecule has 0 bridgehead atoms. The molecule has 3 atom stereocenters. The van der Waals surface area contributed by atoms with E-state index in [0.29, 0.717) is 26.1 Å². The molecule has 2 N–H and O–H groups in total. The lowest BCUT2D eigenvalue weighted by Crippen LogP contribution is -3.09. The zero-order chi connectivity index (χ0) is 19.6. The molecular formula is C18H31N4O4S+. The summed E-state index contributed by atoms with van der Waals surface area (Å²) in [5, 5.41) is 7.56. The van der Waals surface area contributed by atoms with Gasteiger partial charge in [0.15, 0.2) is 16.4 Å². The fourth-order valence-corrected chi connectivity index (χ4v) is 5.70. The van der Waals surface area contributed by atoms with Crippen molar-refractivity contribution in [1.82, 2.24) is 15.1 Å². The number of likely N-dealkylation sites (N-methyl/N-ethyl adjacent to an activating group) is 1. The number of aryl methyl sites for hydroxylation is 1. The van der Waals surface area contributed by atoms with Gasteiger partial charge < -0.3 is 15.0 Å². The van der Waals surface area contributed by atoms with Crippen molar-refractivity contribution in [3.05, 3.63) is 17.0 Å². The molecule has 0 aliphatic carbocycles. The van der Waals surface area contributed by atoms with Crippen LogP contribution in [0.4, 0.5) is 0 Å². The summed E-state index contributed by atoms with van der Waals surface area (Å²) in [5.41, 5.74) is 3.02. The molecule has 1 unspecified atom stereocenters. The lowest BCUT2D eigenvalue weighted by molar-refractivity contribution is -0.885. The molecule has 9 heteroatoms. The van der Waals surface area contributed by atoms with Crippen LogP contribution in [0.15, 0.2) is 0 Å². The Balaban J connectivity index is 1.56. The average Bonchev–Trinajstić information content (AvgIpc) is 3.29. The summed E-state index contributed by atoms with van der Waals surface area (Å²) < 4.78 is 31.0. The number of sulfone groups is 1. The highest BCUT2D eigenvalue weighted by Gasteiger charge is 2.32. The zero-order valence-corrected chi connectivity index (χ0v) is 17.3. The second kappa shape index (κ2) is 8.28. The van der Waals surface area contributed by atoms with Crippen molar-refractivity contribution in [3.8, 4) is 0 Å². The Morgan fingerprint density at radius 2 is 2.15 bits per heavy atom. The van der Waals surface area contributed by atoms with Gasteiger partial charge in [0.2, 0.25) is 0 Å². The molecule has 1 amide bonds.